The molecule has 0 bridgehead atoms. The number of hydrogen-bond acceptors (Lipinski definition) is 3. The number of alkyl carbamates (subject to hydrolysis) is 1. The van der Waals surface area contributed by atoms with Crippen LogP contribution in [0.15, 0.2) is 0 Å². The molecule has 0 aromatic carbocycles. The molecule has 1 fully saturated rings. The van der Waals surface area contributed by atoms with Gasteiger partial charge in [0.15, 0.2) is 8.32 Å². The lowest BCUT2D eigenvalue weighted by Gasteiger charge is -2.38. The van der Waals surface area contributed by atoms with Crippen molar-refractivity contribution in [2.75, 3.05) is 13.2 Å². The van der Waals surface area contributed by atoms with E-state index >= 15 is 0 Å². The molecule has 1 amide bonds. The van der Waals surface area contributed by atoms with Crippen molar-refractivity contribution in [3.05, 3.63) is 0 Å². The Morgan fingerprint density at radius 3 is 2.44 bits per heavy atom. The van der Waals surface area contributed by atoms with Crippen molar-refractivity contribution in [1.82, 2.24) is 5.32 Å². The van der Waals surface area contributed by atoms with Crippen molar-refractivity contribution in [3.63, 3.8) is 0 Å². The van der Waals surface area contributed by atoms with Crippen LogP contribution in [0, 0.1) is 0 Å². The molecule has 1 saturated heterocycles. The molecule has 1 rings (SSSR count). The number of carbonyl (C=O) groups is 1. The fourth-order valence-corrected chi connectivity index (χ4v) is 2.29. The minimum absolute atomic E-state index is 0.187. The zero-order valence-electron chi connectivity index (χ0n) is 11.1. The maximum atomic E-state index is 11.0. The average molecular weight is 245 g/mol. The highest BCUT2D eigenvalue weighted by atomic mass is 28.4. The molecule has 5 heteroatoms. The topological polar surface area (TPSA) is 47.6 Å². The maximum Gasteiger partial charge on any atom is 0.407 e. The Labute approximate surface area is 98.8 Å². The molecule has 0 aromatic heterocycles. The van der Waals surface area contributed by atoms with Gasteiger partial charge < -0.3 is 14.5 Å². The van der Waals surface area contributed by atoms with Crippen molar-refractivity contribution in [1.29, 1.82) is 0 Å². The van der Waals surface area contributed by atoms with Gasteiger partial charge in [-0.3, -0.25) is 0 Å². The van der Waals surface area contributed by atoms with Crippen molar-refractivity contribution < 1.29 is 14.0 Å². The molecule has 0 unspecified atom stereocenters. The van der Waals surface area contributed by atoms with Gasteiger partial charge in [-0.2, -0.15) is 0 Å². The predicted molar refractivity (Wildman–Crippen MR) is 66.0 cm³/mol. The first-order chi connectivity index (χ1) is 7.06. The molecule has 0 aliphatic carbocycles. The lowest BCUT2D eigenvalue weighted by atomic mass is 10.1. The number of ether oxygens (including phenoxy) is 1. The second-order valence-corrected chi connectivity index (χ2v) is 11.1. The minimum atomic E-state index is -1.75. The lowest BCUT2D eigenvalue weighted by molar-refractivity contribution is 0.156. The van der Waals surface area contributed by atoms with Gasteiger partial charge in [-0.1, -0.05) is 20.8 Å². The molecule has 1 heterocycles. The number of nitrogens with one attached hydrogen (secondary N) is 1. The van der Waals surface area contributed by atoms with Gasteiger partial charge in [0.05, 0.1) is 12.1 Å². The monoisotopic (exact) mass is 245 g/mol. The highest BCUT2D eigenvalue weighted by Crippen LogP contribution is 2.37. The van der Waals surface area contributed by atoms with Gasteiger partial charge in [0.1, 0.15) is 6.61 Å². The quantitative estimate of drug-likeness (QED) is 0.777. The number of rotatable bonds is 3. The fourth-order valence-electron chi connectivity index (χ4n) is 1.18. The number of cyclic esters (lactones) is 1. The van der Waals surface area contributed by atoms with E-state index in [1.54, 1.807) is 0 Å². The summed E-state index contributed by atoms with van der Waals surface area (Å²) in [6.07, 6.45) is -0.346. The second kappa shape index (κ2) is 4.03. The van der Waals surface area contributed by atoms with E-state index in [1.807, 2.05) is 6.92 Å². The van der Waals surface area contributed by atoms with Gasteiger partial charge in [-0.15, -0.1) is 0 Å². The van der Waals surface area contributed by atoms with E-state index in [1.165, 1.54) is 0 Å². The van der Waals surface area contributed by atoms with Gasteiger partial charge in [0.2, 0.25) is 0 Å². The van der Waals surface area contributed by atoms with Crippen LogP contribution in [-0.4, -0.2) is 33.2 Å². The van der Waals surface area contributed by atoms with Crippen molar-refractivity contribution in [3.8, 4) is 0 Å². The molecule has 94 valence electrons. The number of hydrogen-bond donors (Lipinski definition) is 1. The predicted octanol–water partition coefficient (Wildman–Crippen LogP) is 2.51. The summed E-state index contributed by atoms with van der Waals surface area (Å²) in [5.41, 5.74) is -0.368. The Kier molecular flexibility index (Phi) is 3.41. The van der Waals surface area contributed by atoms with Crippen LogP contribution in [0.2, 0.25) is 18.1 Å². The smallest absolute Gasteiger partial charge is 0.407 e. The summed E-state index contributed by atoms with van der Waals surface area (Å²) in [7, 11) is -1.75. The zero-order valence-corrected chi connectivity index (χ0v) is 12.1. The van der Waals surface area contributed by atoms with Crippen LogP contribution in [0.3, 0.4) is 0 Å². The molecular formula is C11H23NO3Si. The third-order valence-corrected chi connectivity index (χ3v) is 7.96. The number of amides is 1. The van der Waals surface area contributed by atoms with Crippen molar-refractivity contribution in [2.24, 2.45) is 0 Å². The minimum Gasteiger partial charge on any atom is -0.447 e. The molecular weight excluding hydrogens is 222 g/mol. The summed E-state index contributed by atoms with van der Waals surface area (Å²) >= 11 is 0. The first-order valence-electron chi connectivity index (χ1n) is 5.65. The first kappa shape index (κ1) is 13.5. The van der Waals surface area contributed by atoms with Crippen LogP contribution in [0.4, 0.5) is 4.79 Å². The van der Waals surface area contributed by atoms with E-state index in [2.05, 4.69) is 39.2 Å². The van der Waals surface area contributed by atoms with Gasteiger partial charge >= 0.3 is 6.09 Å². The fraction of sp³-hybridized carbons (Fsp3) is 0.909. The van der Waals surface area contributed by atoms with E-state index in [4.69, 9.17) is 9.16 Å². The van der Waals surface area contributed by atoms with E-state index in [0.717, 1.165) is 0 Å². The summed E-state index contributed by atoms with van der Waals surface area (Å²) < 4.78 is 11.0. The van der Waals surface area contributed by atoms with Gasteiger partial charge in [-0.05, 0) is 25.1 Å². The van der Waals surface area contributed by atoms with E-state index in [-0.39, 0.29) is 16.7 Å². The molecule has 0 saturated carbocycles. The highest BCUT2D eigenvalue weighted by molar-refractivity contribution is 6.74. The molecule has 0 spiro atoms. The molecule has 1 atom stereocenters. The van der Waals surface area contributed by atoms with E-state index < -0.39 is 8.32 Å². The Morgan fingerprint density at radius 1 is 1.50 bits per heavy atom. The van der Waals surface area contributed by atoms with Crippen LogP contribution < -0.4 is 5.32 Å². The molecule has 0 aromatic rings. The summed E-state index contributed by atoms with van der Waals surface area (Å²) in [5.74, 6) is 0. The summed E-state index contributed by atoms with van der Waals surface area (Å²) in [6, 6.07) is 0. The Morgan fingerprint density at radius 2 is 2.06 bits per heavy atom. The van der Waals surface area contributed by atoms with Crippen molar-refractivity contribution in [2.45, 2.75) is 51.4 Å². The average Bonchev–Trinajstić information content (AvgIpc) is 2.42. The van der Waals surface area contributed by atoms with Crippen LogP contribution >= 0.6 is 0 Å². The third kappa shape index (κ3) is 2.98. The maximum absolute atomic E-state index is 11.0. The van der Waals surface area contributed by atoms with Gasteiger partial charge in [0.25, 0.3) is 0 Å². The zero-order chi connectivity index (χ0) is 12.6. The second-order valence-electron chi connectivity index (χ2n) is 6.31. The van der Waals surface area contributed by atoms with Crippen LogP contribution in [0.5, 0.6) is 0 Å². The normalized spacial score (nSPS) is 26.5. The standard InChI is InChI=1S/C11H23NO3Si/c1-10(2,3)16(5,6)15-8-11(4)7-14-9(13)12-11/h7-8H2,1-6H3,(H,12,13)/t11-/m0/s1. The first-order valence-corrected chi connectivity index (χ1v) is 8.56. The molecule has 1 N–H and O–H groups in total. The SMILES string of the molecule is CC(C)(C)[Si](C)(C)OC[C@]1(C)COC(=O)N1. The molecule has 1 aliphatic heterocycles. The van der Waals surface area contributed by atoms with Crippen LogP contribution in [0.1, 0.15) is 27.7 Å². The van der Waals surface area contributed by atoms with E-state index in [0.29, 0.717) is 13.2 Å². The number of carbonyl (C=O) groups excluding carboxylic acids is 1. The van der Waals surface area contributed by atoms with Crippen molar-refractivity contribution >= 4 is 14.4 Å². The lowest BCUT2D eigenvalue weighted by Crippen LogP contribution is -2.50. The Hall–Kier alpha value is -0.553. The van der Waals surface area contributed by atoms with Gasteiger partial charge in [-0.25, -0.2) is 4.79 Å². The summed E-state index contributed by atoms with van der Waals surface area (Å²) in [5, 5.41) is 2.98. The molecule has 0 radical (unpaired) electrons. The highest BCUT2D eigenvalue weighted by Gasteiger charge is 2.41. The molecule has 16 heavy (non-hydrogen) atoms. The van der Waals surface area contributed by atoms with E-state index in [9.17, 15) is 4.79 Å². The molecule has 1 aliphatic rings. The largest absolute Gasteiger partial charge is 0.447 e. The van der Waals surface area contributed by atoms with Crippen LogP contribution in [0.25, 0.3) is 0 Å². The summed E-state index contributed by atoms with van der Waals surface area (Å²) in [6.45, 7) is 13.9. The van der Waals surface area contributed by atoms with Crippen LogP contribution in [-0.2, 0) is 9.16 Å². The Balaban J connectivity index is 2.55. The summed E-state index contributed by atoms with van der Waals surface area (Å²) in [4.78, 5) is 11.0. The van der Waals surface area contributed by atoms with Gasteiger partial charge in [0, 0.05) is 0 Å². The molecule has 4 nitrogen and oxygen atoms in total. The Bertz CT molecular complexity index is 285. The third-order valence-electron chi connectivity index (χ3n) is 3.48.